The molecule has 1 aromatic heterocycles. The Morgan fingerprint density at radius 1 is 1.37 bits per heavy atom. The van der Waals surface area contributed by atoms with Crippen molar-refractivity contribution in [1.29, 1.82) is 0 Å². The SMILES string of the molecule is CCSC1CCC(Nc2ccc(C(F)(F)F)cn2)C1. The molecule has 1 aromatic rings. The smallest absolute Gasteiger partial charge is 0.367 e. The van der Waals surface area contributed by atoms with Crippen molar-refractivity contribution in [3.8, 4) is 0 Å². The van der Waals surface area contributed by atoms with E-state index in [0.29, 0.717) is 17.1 Å². The van der Waals surface area contributed by atoms with Gasteiger partial charge in [-0.1, -0.05) is 6.92 Å². The third kappa shape index (κ3) is 4.03. The lowest BCUT2D eigenvalue weighted by molar-refractivity contribution is -0.137. The first-order valence-electron chi connectivity index (χ1n) is 6.40. The van der Waals surface area contributed by atoms with E-state index in [0.717, 1.165) is 37.3 Å². The van der Waals surface area contributed by atoms with Crippen LogP contribution in [0.25, 0.3) is 0 Å². The van der Waals surface area contributed by atoms with Crippen molar-refractivity contribution in [2.75, 3.05) is 11.1 Å². The van der Waals surface area contributed by atoms with Gasteiger partial charge in [0, 0.05) is 17.5 Å². The quantitative estimate of drug-likeness (QED) is 0.900. The van der Waals surface area contributed by atoms with Gasteiger partial charge < -0.3 is 5.32 Å². The van der Waals surface area contributed by atoms with E-state index in [4.69, 9.17) is 0 Å². The Labute approximate surface area is 115 Å². The van der Waals surface area contributed by atoms with E-state index >= 15 is 0 Å². The Bertz CT molecular complexity index is 405. The van der Waals surface area contributed by atoms with Gasteiger partial charge in [0.25, 0.3) is 0 Å². The average molecular weight is 290 g/mol. The van der Waals surface area contributed by atoms with E-state index in [-0.39, 0.29) is 0 Å². The molecular formula is C13H17F3N2S. The van der Waals surface area contributed by atoms with Gasteiger partial charge in [-0.15, -0.1) is 0 Å². The largest absolute Gasteiger partial charge is 0.417 e. The van der Waals surface area contributed by atoms with Crippen LogP contribution in [-0.2, 0) is 6.18 Å². The summed E-state index contributed by atoms with van der Waals surface area (Å²) in [4.78, 5) is 3.84. The highest BCUT2D eigenvalue weighted by molar-refractivity contribution is 7.99. The molecule has 1 aliphatic rings. The lowest BCUT2D eigenvalue weighted by Crippen LogP contribution is -2.17. The van der Waals surface area contributed by atoms with Crippen LogP contribution in [0.2, 0.25) is 0 Å². The molecule has 0 radical (unpaired) electrons. The maximum absolute atomic E-state index is 12.4. The molecule has 0 amide bonds. The molecule has 2 atom stereocenters. The summed E-state index contributed by atoms with van der Waals surface area (Å²) < 4.78 is 37.2. The summed E-state index contributed by atoms with van der Waals surface area (Å²) >= 11 is 1.95. The number of alkyl halides is 3. The Balaban J connectivity index is 1.90. The molecule has 1 N–H and O–H groups in total. The minimum atomic E-state index is -4.32. The topological polar surface area (TPSA) is 24.9 Å². The third-order valence-corrected chi connectivity index (χ3v) is 4.46. The maximum Gasteiger partial charge on any atom is 0.417 e. The van der Waals surface area contributed by atoms with Gasteiger partial charge in [0.1, 0.15) is 5.82 Å². The number of anilines is 1. The van der Waals surface area contributed by atoms with Gasteiger partial charge in [0.2, 0.25) is 0 Å². The summed E-state index contributed by atoms with van der Waals surface area (Å²) in [5.74, 6) is 1.63. The Kier molecular flexibility index (Phi) is 4.60. The lowest BCUT2D eigenvalue weighted by atomic mass is 10.2. The summed E-state index contributed by atoms with van der Waals surface area (Å²) in [5, 5.41) is 3.88. The van der Waals surface area contributed by atoms with Crippen LogP contribution >= 0.6 is 11.8 Å². The van der Waals surface area contributed by atoms with E-state index in [9.17, 15) is 13.2 Å². The molecule has 2 rings (SSSR count). The van der Waals surface area contributed by atoms with Crippen LogP contribution < -0.4 is 5.32 Å². The summed E-state index contributed by atoms with van der Waals surface area (Å²) in [7, 11) is 0. The number of aromatic nitrogens is 1. The van der Waals surface area contributed by atoms with Crippen molar-refractivity contribution < 1.29 is 13.2 Å². The zero-order valence-electron chi connectivity index (χ0n) is 10.7. The minimum Gasteiger partial charge on any atom is -0.367 e. The van der Waals surface area contributed by atoms with Crippen LogP contribution in [0, 0.1) is 0 Å². The molecule has 19 heavy (non-hydrogen) atoms. The molecule has 0 aliphatic heterocycles. The van der Waals surface area contributed by atoms with Crippen molar-refractivity contribution in [1.82, 2.24) is 4.98 Å². The summed E-state index contributed by atoms with van der Waals surface area (Å²) in [6, 6.07) is 2.80. The highest BCUT2D eigenvalue weighted by Crippen LogP contribution is 2.32. The van der Waals surface area contributed by atoms with Crippen LogP contribution in [0.3, 0.4) is 0 Å². The van der Waals surface area contributed by atoms with Crippen LogP contribution in [0.4, 0.5) is 19.0 Å². The van der Waals surface area contributed by atoms with Crippen LogP contribution in [0.1, 0.15) is 31.7 Å². The van der Waals surface area contributed by atoms with Gasteiger partial charge in [0.15, 0.2) is 0 Å². The molecule has 106 valence electrons. The number of nitrogens with one attached hydrogen (secondary N) is 1. The fourth-order valence-corrected chi connectivity index (χ4v) is 3.46. The predicted octanol–water partition coefficient (Wildman–Crippen LogP) is 4.19. The van der Waals surface area contributed by atoms with Crippen molar-refractivity contribution in [2.24, 2.45) is 0 Å². The van der Waals surface area contributed by atoms with Gasteiger partial charge >= 0.3 is 6.18 Å². The van der Waals surface area contributed by atoms with Crippen molar-refractivity contribution in [2.45, 2.75) is 43.7 Å². The first kappa shape index (κ1) is 14.5. The molecule has 1 saturated carbocycles. The average Bonchev–Trinajstić information content (AvgIpc) is 2.77. The molecule has 0 spiro atoms. The molecular weight excluding hydrogens is 273 g/mol. The fraction of sp³-hybridized carbons (Fsp3) is 0.615. The monoisotopic (exact) mass is 290 g/mol. The highest BCUT2D eigenvalue weighted by Gasteiger charge is 2.31. The minimum absolute atomic E-state index is 0.327. The second kappa shape index (κ2) is 6.03. The van der Waals surface area contributed by atoms with Gasteiger partial charge in [-0.25, -0.2) is 4.98 Å². The van der Waals surface area contributed by atoms with Crippen LogP contribution in [-0.4, -0.2) is 22.0 Å². The number of hydrogen-bond acceptors (Lipinski definition) is 3. The number of rotatable bonds is 4. The van der Waals surface area contributed by atoms with Gasteiger partial charge in [-0.05, 0) is 37.1 Å². The summed E-state index contributed by atoms with van der Waals surface area (Å²) in [6.45, 7) is 2.14. The number of halogens is 3. The second-order valence-electron chi connectivity index (χ2n) is 4.66. The Morgan fingerprint density at radius 3 is 2.74 bits per heavy atom. The molecule has 1 fully saturated rings. The maximum atomic E-state index is 12.4. The molecule has 2 unspecified atom stereocenters. The first-order valence-corrected chi connectivity index (χ1v) is 7.45. The molecule has 0 saturated heterocycles. The molecule has 6 heteroatoms. The summed E-state index contributed by atoms with van der Waals surface area (Å²) in [6.07, 6.45) is -0.157. The Hall–Kier alpha value is -0.910. The van der Waals surface area contributed by atoms with Gasteiger partial charge in [-0.2, -0.15) is 24.9 Å². The van der Waals surface area contributed by atoms with E-state index in [1.54, 1.807) is 0 Å². The van der Waals surface area contributed by atoms with E-state index in [2.05, 4.69) is 17.2 Å². The van der Waals surface area contributed by atoms with E-state index in [1.165, 1.54) is 6.07 Å². The highest BCUT2D eigenvalue weighted by atomic mass is 32.2. The van der Waals surface area contributed by atoms with Crippen molar-refractivity contribution >= 4 is 17.6 Å². The number of nitrogens with zero attached hydrogens (tertiary/aromatic N) is 1. The van der Waals surface area contributed by atoms with Crippen molar-refractivity contribution in [3.63, 3.8) is 0 Å². The van der Waals surface area contributed by atoms with Crippen molar-refractivity contribution in [3.05, 3.63) is 23.9 Å². The van der Waals surface area contributed by atoms with Gasteiger partial charge in [-0.3, -0.25) is 0 Å². The first-order chi connectivity index (χ1) is 8.99. The molecule has 1 heterocycles. The molecule has 2 nitrogen and oxygen atoms in total. The van der Waals surface area contributed by atoms with Crippen LogP contribution in [0.15, 0.2) is 18.3 Å². The predicted molar refractivity (Wildman–Crippen MR) is 72.4 cm³/mol. The third-order valence-electron chi connectivity index (χ3n) is 3.23. The van der Waals surface area contributed by atoms with Crippen LogP contribution in [0.5, 0.6) is 0 Å². The lowest BCUT2D eigenvalue weighted by Gasteiger charge is -2.14. The zero-order chi connectivity index (χ0) is 13.9. The normalized spacial score (nSPS) is 23.6. The molecule has 0 aromatic carbocycles. The van der Waals surface area contributed by atoms with E-state index < -0.39 is 11.7 Å². The Morgan fingerprint density at radius 2 is 2.16 bits per heavy atom. The molecule has 0 bridgehead atoms. The number of hydrogen-bond donors (Lipinski definition) is 1. The van der Waals surface area contributed by atoms with Gasteiger partial charge in [0.05, 0.1) is 5.56 Å². The van der Waals surface area contributed by atoms with E-state index in [1.807, 2.05) is 11.8 Å². The summed E-state index contributed by atoms with van der Waals surface area (Å²) in [5.41, 5.74) is -0.705. The molecule has 1 aliphatic carbocycles. The number of thioether (sulfide) groups is 1. The fourth-order valence-electron chi connectivity index (χ4n) is 2.31. The standard InChI is InChI=1S/C13H17F3N2S/c1-2-19-11-5-4-10(7-11)18-12-6-3-9(8-17-12)13(14,15)16/h3,6,8,10-11H,2,4-5,7H2,1H3,(H,17,18). The number of pyridine rings is 1. The zero-order valence-corrected chi connectivity index (χ0v) is 11.5. The second-order valence-corrected chi connectivity index (χ2v) is 6.24.